The van der Waals surface area contributed by atoms with E-state index in [1.165, 1.54) is 0 Å². The van der Waals surface area contributed by atoms with Crippen molar-refractivity contribution in [3.8, 4) is 23.0 Å². The summed E-state index contributed by atoms with van der Waals surface area (Å²) in [6, 6.07) is 26.3. The number of para-hydroxylation sites is 2. The van der Waals surface area contributed by atoms with Crippen LogP contribution in [0.1, 0.15) is 25.0 Å². The molecule has 0 unspecified atom stereocenters. The highest BCUT2D eigenvalue weighted by molar-refractivity contribution is 5.78. The number of hydrogen-bond acceptors (Lipinski definition) is 6. The van der Waals surface area contributed by atoms with E-state index >= 15 is 0 Å². The van der Waals surface area contributed by atoms with Crippen LogP contribution in [-0.4, -0.2) is 0 Å². The van der Waals surface area contributed by atoms with Crippen molar-refractivity contribution in [1.82, 2.24) is 0 Å². The third-order valence-corrected chi connectivity index (χ3v) is 5.73. The minimum Gasteiger partial charge on any atom is -0.455 e. The number of nitrogens with two attached hydrogens (primary N) is 4. The first-order valence-corrected chi connectivity index (χ1v) is 10.6. The summed E-state index contributed by atoms with van der Waals surface area (Å²) in [6.45, 7) is 4.11. The van der Waals surface area contributed by atoms with E-state index in [1.54, 1.807) is 12.1 Å². The van der Waals surface area contributed by atoms with Crippen LogP contribution < -0.4 is 32.4 Å². The molecule has 0 saturated heterocycles. The van der Waals surface area contributed by atoms with Crippen molar-refractivity contribution in [2.45, 2.75) is 19.3 Å². The lowest BCUT2D eigenvalue weighted by atomic mass is 9.76. The van der Waals surface area contributed by atoms with Gasteiger partial charge in [0.15, 0.2) is 11.5 Å². The molecule has 0 aliphatic rings. The lowest BCUT2D eigenvalue weighted by molar-refractivity contribution is 0.448. The maximum Gasteiger partial charge on any atom is 0.156 e. The van der Waals surface area contributed by atoms with Crippen molar-refractivity contribution in [3.05, 3.63) is 96.1 Å². The molecule has 0 bridgehead atoms. The summed E-state index contributed by atoms with van der Waals surface area (Å²) in [5.74, 6) is 2.30. The van der Waals surface area contributed by atoms with Gasteiger partial charge in [0.1, 0.15) is 11.5 Å². The van der Waals surface area contributed by atoms with E-state index in [9.17, 15) is 0 Å². The number of nitrogen functional groups attached to an aromatic ring is 4. The van der Waals surface area contributed by atoms with Crippen LogP contribution in [0.25, 0.3) is 0 Å². The minimum atomic E-state index is -0.627. The Balaban J connectivity index is 1.87. The molecular weight excluding hydrogens is 412 g/mol. The zero-order valence-corrected chi connectivity index (χ0v) is 18.7. The monoisotopic (exact) mass is 440 g/mol. The summed E-state index contributed by atoms with van der Waals surface area (Å²) in [5, 5.41) is 0. The Bertz CT molecular complexity index is 1170. The SMILES string of the molecule is CC(C)(c1ccc(N)c(N)c1Oc1ccccc1)c1ccc(N)c(N)c1Oc1ccccc1. The predicted molar refractivity (Wildman–Crippen MR) is 136 cm³/mol. The quantitative estimate of drug-likeness (QED) is 0.276. The average Bonchev–Trinajstić information content (AvgIpc) is 2.81. The van der Waals surface area contributed by atoms with E-state index in [2.05, 4.69) is 13.8 Å². The van der Waals surface area contributed by atoms with Crippen molar-refractivity contribution in [2.24, 2.45) is 0 Å². The summed E-state index contributed by atoms with van der Waals surface area (Å²) in [4.78, 5) is 0. The van der Waals surface area contributed by atoms with E-state index in [0.717, 1.165) is 11.1 Å². The Morgan fingerprint density at radius 3 is 1.24 bits per heavy atom. The van der Waals surface area contributed by atoms with Gasteiger partial charge < -0.3 is 32.4 Å². The third kappa shape index (κ3) is 4.23. The van der Waals surface area contributed by atoms with Crippen LogP contribution in [0.15, 0.2) is 84.9 Å². The molecule has 0 fully saturated rings. The number of hydrogen-bond donors (Lipinski definition) is 4. The van der Waals surface area contributed by atoms with Crippen LogP contribution >= 0.6 is 0 Å². The van der Waals surface area contributed by atoms with E-state index < -0.39 is 5.41 Å². The summed E-state index contributed by atoms with van der Waals surface area (Å²) < 4.78 is 12.5. The first-order valence-electron chi connectivity index (χ1n) is 10.6. The molecule has 6 nitrogen and oxygen atoms in total. The van der Waals surface area contributed by atoms with Crippen LogP contribution in [0.5, 0.6) is 23.0 Å². The smallest absolute Gasteiger partial charge is 0.156 e. The van der Waals surface area contributed by atoms with Crippen molar-refractivity contribution >= 4 is 22.7 Å². The van der Waals surface area contributed by atoms with Crippen molar-refractivity contribution in [2.75, 3.05) is 22.9 Å². The molecule has 168 valence electrons. The fourth-order valence-corrected chi connectivity index (χ4v) is 3.79. The fourth-order valence-electron chi connectivity index (χ4n) is 3.79. The maximum absolute atomic E-state index is 6.40. The highest BCUT2D eigenvalue weighted by atomic mass is 16.5. The topological polar surface area (TPSA) is 123 Å². The Morgan fingerprint density at radius 2 is 0.879 bits per heavy atom. The summed E-state index contributed by atoms with van der Waals surface area (Å²) in [6.07, 6.45) is 0. The van der Waals surface area contributed by atoms with E-state index in [-0.39, 0.29) is 0 Å². The van der Waals surface area contributed by atoms with Gasteiger partial charge in [-0.2, -0.15) is 0 Å². The van der Waals surface area contributed by atoms with Gasteiger partial charge in [-0.1, -0.05) is 62.4 Å². The lowest BCUT2D eigenvalue weighted by Gasteiger charge is -2.31. The molecule has 4 aromatic carbocycles. The molecule has 6 heteroatoms. The van der Waals surface area contributed by atoms with Crippen LogP contribution in [0.4, 0.5) is 22.7 Å². The van der Waals surface area contributed by atoms with Gasteiger partial charge in [-0.15, -0.1) is 0 Å². The Labute approximate surface area is 193 Å². The van der Waals surface area contributed by atoms with E-state index in [0.29, 0.717) is 45.7 Å². The van der Waals surface area contributed by atoms with Crippen LogP contribution in [0.3, 0.4) is 0 Å². The zero-order chi connectivity index (χ0) is 23.6. The Morgan fingerprint density at radius 1 is 0.515 bits per heavy atom. The molecular formula is C27H28N4O2. The van der Waals surface area contributed by atoms with Crippen LogP contribution in [0, 0.1) is 0 Å². The van der Waals surface area contributed by atoms with Crippen molar-refractivity contribution < 1.29 is 9.47 Å². The molecule has 4 aromatic rings. The average molecular weight is 441 g/mol. The summed E-state index contributed by atoms with van der Waals surface area (Å²) in [5.41, 5.74) is 27.7. The minimum absolute atomic E-state index is 0.373. The van der Waals surface area contributed by atoms with Gasteiger partial charge in [0, 0.05) is 16.5 Å². The zero-order valence-electron chi connectivity index (χ0n) is 18.7. The Kier molecular flexibility index (Phi) is 5.75. The molecule has 33 heavy (non-hydrogen) atoms. The van der Waals surface area contributed by atoms with Crippen molar-refractivity contribution in [3.63, 3.8) is 0 Å². The van der Waals surface area contributed by atoms with Crippen LogP contribution in [0.2, 0.25) is 0 Å². The van der Waals surface area contributed by atoms with Gasteiger partial charge in [-0.05, 0) is 36.4 Å². The second-order valence-corrected chi connectivity index (χ2v) is 8.35. The highest BCUT2D eigenvalue weighted by Gasteiger charge is 2.33. The molecule has 0 aliphatic heterocycles. The van der Waals surface area contributed by atoms with Gasteiger partial charge in [0.25, 0.3) is 0 Å². The molecule has 0 atom stereocenters. The normalized spacial score (nSPS) is 11.2. The second-order valence-electron chi connectivity index (χ2n) is 8.35. The van der Waals surface area contributed by atoms with Gasteiger partial charge in [0.05, 0.1) is 22.7 Å². The maximum atomic E-state index is 6.40. The summed E-state index contributed by atoms with van der Waals surface area (Å²) >= 11 is 0. The van der Waals surface area contributed by atoms with Crippen LogP contribution in [-0.2, 0) is 5.41 Å². The fraction of sp³-hybridized carbons (Fsp3) is 0.111. The molecule has 0 amide bonds. The van der Waals surface area contributed by atoms with Gasteiger partial charge in [0.2, 0.25) is 0 Å². The van der Waals surface area contributed by atoms with E-state index in [4.69, 9.17) is 32.4 Å². The number of benzene rings is 4. The Hall–Kier alpha value is -4.32. The second kappa shape index (κ2) is 8.67. The third-order valence-electron chi connectivity index (χ3n) is 5.73. The molecule has 8 N–H and O–H groups in total. The molecule has 0 spiro atoms. The van der Waals surface area contributed by atoms with E-state index in [1.807, 2.05) is 72.8 Å². The molecule has 0 aliphatic carbocycles. The predicted octanol–water partition coefficient (Wildman–Crippen LogP) is 5.93. The number of ether oxygens (including phenoxy) is 2. The first kappa shape index (κ1) is 21.9. The highest BCUT2D eigenvalue weighted by Crippen LogP contribution is 2.49. The first-order chi connectivity index (χ1) is 15.8. The molecule has 0 heterocycles. The molecule has 4 rings (SSSR count). The molecule has 0 radical (unpaired) electrons. The standard InChI is InChI=1S/C27H28N4O2/c1-27(2,19-13-15-21(28)23(30)25(19)32-17-9-5-3-6-10-17)20-14-16-22(29)24(31)26(20)33-18-11-7-4-8-12-18/h3-16H,28-31H2,1-2H3. The molecule has 0 saturated carbocycles. The lowest BCUT2D eigenvalue weighted by Crippen LogP contribution is -2.22. The van der Waals surface area contributed by atoms with Gasteiger partial charge in [-0.25, -0.2) is 0 Å². The largest absolute Gasteiger partial charge is 0.455 e. The van der Waals surface area contributed by atoms with Gasteiger partial charge in [-0.3, -0.25) is 0 Å². The van der Waals surface area contributed by atoms with Gasteiger partial charge >= 0.3 is 0 Å². The van der Waals surface area contributed by atoms with Crippen molar-refractivity contribution in [1.29, 1.82) is 0 Å². The molecule has 0 aromatic heterocycles. The summed E-state index contributed by atoms with van der Waals surface area (Å²) in [7, 11) is 0. The number of rotatable bonds is 6. The number of anilines is 4.